The number of alkyl halides is 3. The Morgan fingerprint density at radius 3 is 2.30 bits per heavy atom. The average molecular weight is 461 g/mol. The molecule has 2 aromatic carbocycles. The summed E-state index contributed by atoms with van der Waals surface area (Å²) in [4.78, 5) is 7.92. The van der Waals surface area contributed by atoms with Crippen molar-refractivity contribution in [2.24, 2.45) is 0 Å². The molecule has 0 unspecified atom stereocenters. The third-order valence-electron chi connectivity index (χ3n) is 4.54. The Morgan fingerprint density at radius 1 is 0.848 bits per heavy atom. The fourth-order valence-electron chi connectivity index (χ4n) is 2.86. The van der Waals surface area contributed by atoms with Gasteiger partial charge >= 0.3 is 6.18 Å². The van der Waals surface area contributed by atoms with Crippen molar-refractivity contribution in [2.75, 3.05) is 23.8 Å². The van der Waals surface area contributed by atoms with E-state index >= 15 is 0 Å². The monoisotopic (exact) mass is 460 g/mol. The van der Waals surface area contributed by atoms with Crippen LogP contribution in [0.4, 0.5) is 36.3 Å². The van der Waals surface area contributed by atoms with E-state index in [1.54, 1.807) is 48.5 Å². The maximum Gasteiger partial charge on any atom is 0.421 e. The van der Waals surface area contributed by atoms with E-state index < -0.39 is 11.7 Å². The fraction of sp³-hybridized carbons (Fsp3) is 0.333. The van der Waals surface area contributed by atoms with Gasteiger partial charge in [-0.2, -0.15) is 18.2 Å². The van der Waals surface area contributed by atoms with Crippen molar-refractivity contribution in [1.82, 2.24) is 9.97 Å². The number of unbranched alkanes of at least 4 members (excludes halogenated alkanes) is 1. The van der Waals surface area contributed by atoms with Crippen LogP contribution < -0.4 is 20.1 Å². The number of nitrogens with zero attached hydrogens (tertiary/aromatic N) is 2. The lowest BCUT2D eigenvalue weighted by molar-refractivity contribution is -0.137. The molecule has 0 saturated heterocycles. The van der Waals surface area contributed by atoms with Crippen LogP contribution >= 0.6 is 0 Å². The van der Waals surface area contributed by atoms with Gasteiger partial charge < -0.3 is 20.1 Å². The van der Waals surface area contributed by atoms with Gasteiger partial charge in [0.05, 0.1) is 13.2 Å². The smallest absolute Gasteiger partial charge is 0.421 e. The summed E-state index contributed by atoms with van der Waals surface area (Å²) in [6, 6.07) is 13.8. The third kappa shape index (κ3) is 7.27. The lowest BCUT2D eigenvalue weighted by Crippen LogP contribution is -2.12. The standard InChI is InChI=1S/C24H27F3N4O2/c1-3-5-14-33-19-11-9-17(10-12-19)30-23-28-16-21(24(25,26)27)22(31-23)29-18-7-6-8-20(15-18)32-13-4-2/h6-12,15-16H,3-5,13-14H2,1-2H3,(H2,28,29,30,31). The number of hydrogen-bond donors (Lipinski definition) is 2. The molecule has 3 aromatic rings. The van der Waals surface area contributed by atoms with Crippen molar-refractivity contribution in [3.63, 3.8) is 0 Å². The number of rotatable bonds is 11. The molecular formula is C24H27F3N4O2. The molecule has 0 spiro atoms. The zero-order valence-electron chi connectivity index (χ0n) is 18.6. The lowest BCUT2D eigenvalue weighted by atomic mass is 10.2. The second kappa shape index (κ2) is 11.4. The first kappa shape index (κ1) is 24.2. The van der Waals surface area contributed by atoms with E-state index in [1.807, 2.05) is 6.92 Å². The first-order valence-corrected chi connectivity index (χ1v) is 10.8. The summed E-state index contributed by atoms with van der Waals surface area (Å²) in [6.45, 7) is 5.20. The molecule has 0 saturated carbocycles. The highest BCUT2D eigenvalue weighted by atomic mass is 19.4. The maximum atomic E-state index is 13.5. The normalized spacial score (nSPS) is 11.2. The molecule has 0 aliphatic heterocycles. The summed E-state index contributed by atoms with van der Waals surface area (Å²) in [7, 11) is 0. The van der Waals surface area contributed by atoms with Crippen molar-refractivity contribution in [3.8, 4) is 11.5 Å². The SMILES string of the molecule is CCCCOc1ccc(Nc2ncc(C(F)(F)F)c(Nc3cccc(OCCC)c3)n2)cc1. The van der Waals surface area contributed by atoms with E-state index in [9.17, 15) is 13.2 Å². The molecule has 0 radical (unpaired) electrons. The number of benzene rings is 2. The van der Waals surface area contributed by atoms with E-state index in [0.29, 0.717) is 30.3 Å². The largest absolute Gasteiger partial charge is 0.494 e. The van der Waals surface area contributed by atoms with Crippen molar-refractivity contribution < 1.29 is 22.6 Å². The van der Waals surface area contributed by atoms with Crippen molar-refractivity contribution in [1.29, 1.82) is 0 Å². The average Bonchev–Trinajstić information content (AvgIpc) is 2.79. The third-order valence-corrected chi connectivity index (χ3v) is 4.54. The summed E-state index contributed by atoms with van der Waals surface area (Å²) in [6.07, 6.45) is -1.03. The number of halogens is 3. The topological polar surface area (TPSA) is 68.3 Å². The molecule has 2 N–H and O–H groups in total. The summed E-state index contributed by atoms with van der Waals surface area (Å²) in [5.41, 5.74) is 0.0819. The minimum absolute atomic E-state index is 0.0311. The maximum absolute atomic E-state index is 13.5. The number of ether oxygens (including phenoxy) is 2. The second-order valence-corrected chi connectivity index (χ2v) is 7.31. The van der Waals surface area contributed by atoms with E-state index in [-0.39, 0.29) is 11.8 Å². The van der Waals surface area contributed by atoms with Gasteiger partial charge in [-0.1, -0.05) is 26.3 Å². The van der Waals surface area contributed by atoms with Gasteiger partial charge in [-0.3, -0.25) is 0 Å². The Morgan fingerprint density at radius 2 is 1.61 bits per heavy atom. The van der Waals surface area contributed by atoms with Crippen LogP contribution in [-0.2, 0) is 6.18 Å². The first-order chi connectivity index (χ1) is 15.9. The Labute approximate surface area is 191 Å². The Balaban J connectivity index is 1.79. The van der Waals surface area contributed by atoms with Crippen LogP contribution in [0.5, 0.6) is 11.5 Å². The van der Waals surface area contributed by atoms with Crippen LogP contribution in [0.2, 0.25) is 0 Å². The number of nitrogens with one attached hydrogen (secondary N) is 2. The molecule has 0 amide bonds. The Hall–Kier alpha value is -3.49. The molecule has 3 rings (SSSR count). The number of anilines is 4. The van der Waals surface area contributed by atoms with Crippen molar-refractivity contribution >= 4 is 23.1 Å². The van der Waals surface area contributed by atoms with Crippen LogP contribution in [0.25, 0.3) is 0 Å². The van der Waals surface area contributed by atoms with E-state index in [1.165, 1.54) is 0 Å². The van der Waals surface area contributed by atoms with E-state index in [4.69, 9.17) is 9.47 Å². The molecular weight excluding hydrogens is 433 g/mol. The molecule has 9 heteroatoms. The Kier molecular flexibility index (Phi) is 8.34. The zero-order chi connectivity index (χ0) is 23.7. The Bertz CT molecular complexity index is 1030. The molecule has 0 atom stereocenters. The van der Waals surface area contributed by atoms with E-state index in [0.717, 1.165) is 31.2 Å². The molecule has 0 aliphatic rings. The first-order valence-electron chi connectivity index (χ1n) is 10.8. The quantitative estimate of drug-likeness (QED) is 0.302. The lowest BCUT2D eigenvalue weighted by Gasteiger charge is -2.15. The van der Waals surface area contributed by atoms with Gasteiger partial charge in [0.25, 0.3) is 0 Å². The summed E-state index contributed by atoms with van der Waals surface area (Å²) >= 11 is 0. The van der Waals surface area contributed by atoms with Gasteiger partial charge in [0.1, 0.15) is 22.9 Å². The van der Waals surface area contributed by atoms with Crippen LogP contribution in [0.15, 0.2) is 54.7 Å². The fourth-order valence-corrected chi connectivity index (χ4v) is 2.86. The van der Waals surface area contributed by atoms with E-state index in [2.05, 4.69) is 27.5 Å². The predicted molar refractivity (Wildman–Crippen MR) is 123 cm³/mol. The minimum Gasteiger partial charge on any atom is -0.494 e. The molecule has 0 bridgehead atoms. The highest BCUT2D eigenvalue weighted by Gasteiger charge is 2.35. The molecule has 1 heterocycles. The molecule has 0 aliphatic carbocycles. The predicted octanol–water partition coefficient (Wildman–Crippen LogP) is 6.95. The highest BCUT2D eigenvalue weighted by molar-refractivity contribution is 5.64. The molecule has 1 aromatic heterocycles. The van der Waals surface area contributed by atoms with Crippen molar-refractivity contribution in [2.45, 2.75) is 39.3 Å². The second-order valence-electron chi connectivity index (χ2n) is 7.31. The summed E-state index contributed by atoms with van der Waals surface area (Å²) in [5.74, 6) is 0.953. The highest BCUT2D eigenvalue weighted by Crippen LogP contribution is 2.35. The van der Waals surface area contributed by atoms with Crippen LogP contribution in [0.3, 0.4) is 0 Å². The van der Waals surface area contributed by atoms with Gasteiger partial charge in [-0.15, -0.1) is 0 Å². The molecule has 33 heavy (non-hydrogen) atoms. The van der Waals surface area contributed by atoms with Crippen LogP contribution in [-0.4, -0.2) is 23.2 Å². The summed E-state index contributed by atoms with van der Waals surface area (Å²) < 4.78 is 51.8. The molecule has 176 valence electrons. The van der Waals surface area contributed by atoms with Gasteiger partial charge in [-0.05, 0) is 49.2 Å². The minimum atomic E-state index is -4.62. The van der Waals surface area contributed by atoms with Crippen LogP contribution in [0, 0.1) is 0 Å². The van der Waals surface area contributed by atoms with Gasteiger partial charge in [0.2, 0.25) is 5.95 Å². The zero-order valence-corrected chi connectivity index (χ0v) is 18.6. The van der Waals surface area contributed by atoms with Crippen molar-refractivity contribution in [3.05, 3.63) is 60.3 Å². The van der Waals surface area contributed by atoms with Gasteiger partial charge in [-0.25, -0.2) is 4.98 Å². The number of hydrogen-bond acceptors (Lipinski definition) is 6. The molecule has 0 fully saturated rings. The summed E-state index contributed by atoms with van der Waals surface area (Å²) in [5, 5.41) is 5.68. The van der Waals surface area contributed by atoms with Crippen LogP contribution in [0.1, 0.15) is 38.7 Å². The number of aromatic nitrogens is 2. The van der Waals surface area contributed by atoms with Gasteiger partial charge in [0, 0.05) is 23.6 Å². The molecule has 6 nitrogen and oxygen atoms in total. The van der Waals surface area contributed by atoms with Gasteiger partial charge in [0.15, 0.2) is 0 Å².